The van der Waals surface area contributed by atoms with Crippen LogP contribution in [0.2, 0.25) is 11.1 Å². The van der Waals surface area contributed by atoms with Crippen molar-refractivity contribution in [1.29, 1.82) is 0 Å². The van der Waals surface area contributed by atoms with Gasteiger partial charge in [-0.2, -0.15) is 11.1 Å². The highest BCUT2D eigenvalue weighted by Gasteiger charge is 2.48. The Morgan fingerprint density at radius 2 is 1.15 bits per heavy atom. The SMILES string of the molecule is Cl[Si](c1cccc(-c2ccccc2)c1)(C1CCCCC1)C1CCCCC1. The molecule has 138 valence electrons. The molecule has 2 aliphatic rings. The first-order valence-corrected chi connectivity index (χ1v) is 13.8. The van der Waals surface area contributed by atoms with Crippen molar-refractivity contribution >= 4 is 23.6 Å². The van der Waals surface area contributed by atoms with Crippen LogP contribution in [0.3, 0.4) is 0 Å². The van der Waals surface area contributed by atoms with Crippen LogP contribution in [0.5, 0.6) is 0 Å². The third-order valence-corrected chi connectivity index (χ3v) is 14.0. The Morgan fingerprint density at radius 3 is 1.73 bits per heavy atom. The molecule has 0 aromatic heterocycles. The highest BCUT2D eigenvalue weighted by Crippen LogP contribution is 2.50. The number of hydrogen-bond donors (Lipinski definition) is 0. The van der Waals surface area contributed by atoms with E-state index in [4.69, 9.17) is 11.1 Å². The molecule has 2 aromatic rings. The molecule has 0 saturated heterocycles. The topological polar surface area (TPSA) is 0 Å². The molecule has 0 spiro atoms. The van der Waals surface area contributed by atoms with Crippen molar-refractivity contribution in [2.24, 2.45) is 0 Å². The molecular formula is C24H31ClSi. The van der Waals surface area contributed by atoms with Crippen molar-refractivity contribution in [3.8, 4) is 11.1 Å². The number of hydrogen-bond acceptors (Lipinski definition) is 0. The minimum absolute atomic E-state index is 0.770. The van der Waals surface area contributed by atoms with Crippen LogP contribution in [-0.2, 0) is 0 Å². The zero-order chi connectivity index (χ0) is 17.8. The Labute approximate surface area is 164 Å². The second kappa shape index (κ2) is 8.31. The molecule has 0 heterocycles. The van der Waals surface area contributed by atoms with Crippen molar-refractivity contribution in [2.75, 3.05) is 0 Å². The second-order valence-electron chi connectivity index (χ2n) is 8.38. The summed E-state index contributed by atoms with van der Waals surface area (Å²) in [5.41, 5.74) is 4.20. The van der Waals surface area contributed by atoms with Crippen molar-refractivity contribution in [3.63, 3.8) is 0 Å². The molecule has 2 aromatic carbocycles. The lowest BCUT2D eigenvalue weighted by Crippen LogP contribution is -2.52. The summed E-state index contributed by atoms with van der Waals surface area (Å²) in [7, 11) is -2.02. The van der Waals surface area contributed by atoms with Crippen LogP contribution in [0, 0.1) is 0 Å². The van der Waals surface area contributed by atoms with Crippen LogP contribution in [0.4, 0.5) is 0 Å². The molecule has 0 unspecified atom stereocenters. The number of rotatable bonds is 4. The maximum atomic E-state index is 7.82. The Balaban J connectivity index is 1.73. The van der Waals surface area contributed by atoms with Gasteiger partial charge in [-0.15, -0.1) is 0 Å². The molecule has 4 rings (SSSR count). The van der Waals surface area contributed by atoms with E-state index in [1.165, 1.54) is 80.5 Å². The number of halogens is 1. The average Bonchev–Trinajstić information content (AvgIpc) is 2.75. The maximum absolute atomic E-state index is 7.82. The minimum Gasteiger partial charge on any atom is -0.160 e. The van der Waals surface area contributed by atoms with E-state index in [0.717, 1.165) is 11.1 Å². The summed E-state index contributed by atoms with van der Waals surface area (Å²) in [6, 6.07) is 20.1. The Morgan fingerprint density at radius 1 is 0.615 bits per heavy atom. The van der Waals surface area contributed by atoms with Crippen molar-refractivity contribution < 1.29 is 0 Å². The van der Waals surface area contributed by atoms with Gasteiger partial charge in [-0.25, -0.2) is 0 Å². The van der Waals surface area contributed by atoms with Crippen LogP contribution in [0.25, 0.3) is 11.1 Å². The largest absolute Gasteiger partial charge is 0.192 e. The molecule has 2 fully saturated rings. The van der Waals surface area contributed by atoms with Gasteiger partial charge in [-0.1, -0.05) is 119 Å². The third-order valence-electron chi connectivity index (χ3n) is 6.81. The third kappa shape index (κ3) is 3.66. The summed E-state index contributed by atoms with van der Waals surface area (Å²) in [6.45, 7) is 0. The first-order chi connectivity index (χ1) is 12.8. The van der Waals surface area contributed by atoms with Crippen LogP contribution in [0.1, 0.15) is 64.2 Å². The van der Waals surface area contributed by atoms with Gasteiger partial charge >= 0.3 is 0 Å². The molecule has 0 radical (unpaired) electrons. The monoisotopic (exact) mass is 382 g/mol. The van der Waals surface area contributed by atoms with E-state index < -0.39 is 7.38 Å². The first-order valence-electron chi connectivity index (χ1n) is 10.6. The van der Waals surface area contributed by atoms with Gasteiger partial charge in [0.25, 0.3) is 0 Å². The van der Waals surface area contributed by atoms with Crippen molar-refractivity contribution in [3.05, 3.63) is 54.6 Å². The van der Waals surface area contributed by atoms with E-state index in [1.807, 2.05) is 0 Å². The molecule has 2 aliphatic carbocycles. The fraction of sp³-hybridized carbons (Fsp3) is 0.500. The fourth-order valence-corrected chi connectivity index (χ4v) is 11.9. The van der Waals surface area contributed by atoms with Crippen LogP contribution < -0.4 is 5.19 Å². The van der Waals surface area contributed by atoms with Gasteiger partial charge in [0, 0.05) is 0 Å². The summed E-state index contributed by atoms with van der Waals surface area (Å²) >= 11 is 7.82. The molecule has 0 atom stereocenters. The molecule has 0 N–H and O–H groups in total. The summed E-state index contributed by atoms with van der Waals surface area (Å²) in [4.78, 5) is 0. The van der Waals surface area contributed by atoms with Gasteiger partial charge < -0.3 is 0 Å². The van der Waals surface area contributed by atoms with Gasteiger partial charge in [0.05, 0.1) is 0 Å². The van der Waals surface area contributed by atoms with Gasteiger partial charge in [0.15, 0.2) is 7.38 Å². The van der Waals surface area contributed by atoms with Gasteiger partial charge in [-0.3, -0.25) is 0 Å². The standard InChI is InChI=1S/C24H31ClSi/c25-26(22-14-6-2-7-15-22,23-16-8-3-9-17-23)24-18-10-13-21(19-24)20-11-4-1-5-12-20/h1,4-5,10-13,18-19,22-23H,2-3,6-9,14-17H2. The maximum Gasteiger partial charge on any atom is 0.192 e. The minimum atomic E-state index is -2.02. The molecule has 26 heavy (non-hydrogen) atoms. The van der Waals surface area contributed by atoms with E-state index in [2.05, 4.69) is 54.6 Å². The zero-order valence-corrected chi connectivity index (χ0v) is 17.6. The summed E-state index contributed by atoms with van der Waals surface area (Å²) in [6.07, 6.45) is 13.8. The molecular weight excluding hydrogens is 352 g/mol. The van der Waals surface area contributed by atoms with Crippen LogP contribution in [-0.4, -0.2) is 7.38 Å². The summed E-state index contributed by atoms with van der Waals surface area (Å²) < 4.78 is 0. The van der Waals surface area contributed by atoms with E-state index in [0.29, 0.717) is 0 Å². The smallest absolute Gasteiger partial charge is 0.160 e. The highest BCUT2D eigenvalue weighted by atomic mass is 35.6. The Bertz CT molecular complexity index is 681. The van der Waals surface area contributed by atoms with Crippen LogP contribution >= 0.6 is 11.1 Å². The molecule has 0 nitrogen and oxygen atoms in total. The van der Waals surface area contributed by atoms with E-state index in [-0.39, 0.29) is 0 Å². The summed E-state index contributed by atoms with van der Waals surface area (Å²) in [5.74, 6) is 0. The lowest BCUT2D eigenvalue weighted by atomic mass is 9.99. The summed E-state index contributed by atoms with van der Waals surface area (Å²) in [5, 5.41) is 1.51. The Hall–Kier alpha value is -1.05. The quantitative estimate of drug-likeness (QED) is 0.381. The van der Waals surface area contributed by atoms with Crippen LogP contribution in [0.15, 0.2) is 54.6 Å². The van der Waals surface area contributed by atoms with E-state index in [9.17, 15) is 0 Å². The lowest BCUT2D eigenvalue weighted by molar-refractivity contribution is 0.462. The Kier molecular flexibility index (Phi) is 5.86. The van der Waals surface area contributed by atoms with Crippen molar-refractivity contribution in [1.82, 2.24) is 0 Å². The first kappa shape index (κ1) is 18.3. The van der Waals surface area contributed by atoms with Gasteiger partial charge in [0.2, 0.25) is 0 Å². The lowest BCUT2D eigenvalue weighted by Gasteiger charge is -2.43. The van der Waals surface area contributed by atoms with Gasteiger partial charge in [-0.05, 0) is 27.4 Å². The van der Waals surface area contributed by atoms with E-state index in [1.54, 1.807) is 0 Å². The van der Waals surface area contributed by atoms with E-state index >= 15 is 0 Å². The highest BCUT2D eigenvalue weighted by molar-refractivity contribution is 7.28. The number of benzene rings is 2. The fourth-order valence-electron chi connectivity index (χ4n) is 5.42. The second-order valence-corrected chi connectivity index (χ2v) is 14.0. The predicted octanol–water partition coefficient (Wildman–Crippen LogP) is 7.41. The average molecular weight is 383 g/mol. The molecule has 0 aliphatic heterocycles. The van der Waals surface area contributed by atoms with Crippen molar-refractivity contribution in [2.45, 2.75) is 75.3 Å². The van der Waals surface area contributed by atoms with Gasteiger partial charge in [0.1, 0.15) is 0 Å². The molecule has 2 saturated carbocycles. The molecule has 2 heteroatoms. The predicted molar refractivity (Wildman–Crippen MR) is 117 cm³/mol. The normalized spacial score (nSPS) is 20.2. The molecule has 0 amide bonds. The zero-order valence-electron chi connectivity index (χ0n) is 15.8. The molecule has 0 bridgehead atoms.